The van der Waals surface area contributed by atoms with Crippen LogP contribution in [0.5, 0.6) is 0 Å². The molecule has 0 heterocycles. The Morgan fingerprint density at radius 3 is 1.72 bits per heavy atom. The molecule has 0 saturated carbocycles. The van der Waals surface area contributed by atoms with Gasteiger partial charge in [0, 0.05) is 6.54 Å². The second-order valence-electron chi connectivity index (χ2n) is 7.07. The summed E-state index contributed by atoms with van der Waals surface area (Å²) in [5.74, 6) is 1.42. The van der Waals surface area contributed by atoms with Gasteiger partial charge in [-0.15, -0.1) is 0 Å². The summed E-state index contributed by atoms with van der Waals surface area (Å²) in [6, 6.07) is 0. The minimum absolute atomic E-state index is 0.296. The molecule has 0 rings (SSSR count). The van der Waals surface area contributed by atoms with Crippen molar-refractivity contribution in [3.8, 4) is 0 Å². The van der Waals surface area contributed by atoms with Gasteiger partial charge < -0.3 is 15.3 Å². The lowest BCUT2D eigenvalue weighted by atomic mass is 10.1. The molecule has 18 heavy (non-hydrogen) atoms. The van der Waals surface area contributed by atoms with Gasteiger partial charge in [0.2, 0.25) is 0 Å². The van der Waals surface area contributed by atoms with Gasteiger partial charge in [-0.05, 0) is 31.1 Å². The lowest BCUT2D eigenvalue weighted by Crippen LogP contribution is -2.35. The van der Waals surface area contributed by atoms with Gasteiger partial charge in [0.1, 0.15) is 0 Å². The SMILES string of the molecule is CC(C)CC(O)CN.CC(C)CCC[N+](C)(C)C. The molecule has 0 aliphatic rings. The van der Waals surface area contributed by atoms with E-state index in [1.165, 1.54) is 19.4 Å². The molecule has 0 aromatic carbocycles. The highest BCUT2D eigenvalue weighted by Gasteiger charge is 2.05. The van der Waals surface area contributed by atoms with Gasteiger partial charge in [0.25, 0.3) is 0 Å². The summed E-state index contributed by atoms with van der Waals surface area (Å²) in [7, 11) is 6.75. The van der Waals surface area contributed by atoms with Gasteiger partial charge in [-0.1, -0.05) is 27.7 Å². The molecule has 0 aliphatic carbocycles. The smallest absolute Gasteiger partial charge is 0.0780 e. The molecule has 1 unspecified atom stereocenters. The zero-order valence-electron chi connectivity index (χ0n) is 13.7. The van der Waals surface area contributed by atoms with Crippen LogP contribution in [0.1, 0.15) is 47.0 Å². The van der Waals surface area contributed by atoms with Gasteiger partial charge >= 0.3 is 0 Å². The van der Waals surface area contributed by atoms with Crippen molar-refractivity contribution in [2.75, 3.05) is 34.2 Å². The monoisotopic (exact) mass is 261 g/mol. The molecule has 0 aromatic heterocycles. The van der Waals surface area contributed by atoms with Crippen LogP contribution in [-0.2, 0) is 0 Å². The minimum Gasteiger partial charge on any atom is -0.392 e. The average molecular weight is 261 g/mol. The third kappa shape index (κ3) is 21.2. The molecule has 0 bridgehead atoms. The number of aliphatic hydroxyl groups excluding tert-OH is 1. The van der Waals surface area contributed by atoms with Crippen molar-refractivity contribution < 1.29 is 9.59 Å². The minimum atomic E-state index is -0.296. The van der Waals surface area contributed by atoms with Crippen molar-refractivity contribution >= 4 is 0 Å². The predicted octanol–water partition coefficient (Wildman–Crippen LogP) is 2.48. The van der Waals surface area contributed by atoms with Crippen LogP contribution in [-0.4, -0.2) is 49.9 Å². The highest BCUT2D eigenvalue weighted by molar-refractivity contribution is 4.57. The van der Waals surface area contributed by atoms with Crippen LogP contribution in [0.3, 0.4) is 0 Å². The Hall–Kier alpha value is -0.120. The molecular weight excluding hydrogens is 224 g/mol. The third-order valence-corrected chi connectivity index (χ3v) is 2.63. The summed E-state index contributed by atoms with van der Waals surface area (Å²) >= 11 is 0. The summed E-state index contributed by atoms with van der Waals surface area (Å²) in [6.07, 6.45) is 3.25. The van der Waals surface area contributed by atoms with Crippen LogP contribution in [0.4, 0.5) is 0 Å². The molecule has 0 aromatic rings. The van der Waals surface area contributed by atoms with E-state index in [9.17, 15) is 0 Å². The van der Waals surface area contributed by atoms with Crippen LogP contribution in [0.15, 0.2) is 0 Å². The number of hydrogen-bond acceptors (Lipinski definition) is 2. The first-order valence-corrected chi connectivity index (χ1v) is 7.27. The number of nitrogens with zero attached hydrogens (tertiary/aromatic N) is 1. The molecule has 0 amide bonds. The van der Waals surface area contributed by atoms with E-state index >= 15 is 0 Å². The molecule has 0 spiro atoms. The van der Waals surface area contributed by atoms with Gasteiger partial charge in [-0.3, -0.25) is 0 Å². The quantitative estimate of drug-likeness (QED) is 0.692. The molecule has 1 atom stereocenters. The molecule has 0 radical (unpaired) electrons. The summed E-state index contributed by atoms with van der Waals surface area (Å²) in [5, 5.41) is 8.90. The predicted molar refractivity (Wildman–Crippen MR) is 81.5 cm³/mol. The van der Waals surface area contributed by atoms with Crippen molar-refractivity contribution in [1.82, 2.24) is 0 Å². The molecule has 3 nitrogen and oxygen atoms in total. The fourth-order valence-corrected chi connectivity index (χ4v) is 1.61. The van der Waals surface area contributed by atoms with Gasteiger partial charge in [0.05, 0.1) is 33.8 Å². The van der Waals surface area contributed by atoms with Crippen LogP contribution in [0.2, 0.25) is 0 Å². The van der Waals surface area contributed by atoms with E-state index in [-0.39, 0.29) is 6.10 Å². The maximum Gasteiger partial charge on any atom is 0.0780 e. The van der Waals surface area contributed by atoms with E-state index in [1.54, 1.807) is 0 Å². The molecular formula is C15H37N2O+. The first kappa shape index (κ1) is 20.2. The van der Waals surface area contributed by atoms with Crippen molar-refractivity contribution in [1.29, 1.82) is 0 Å². The highest BCUT2D eigenvalue weighted by atomic mass is 16.3. The Morgan fingerprint density at radius 2 is 1.50 bits per heavy atom. The fraction of sp³-hybridized carbons (Fsp3) is 1.00. The molecule has 0 fully saturated rings. The van der Waals surface area contributed by atoms with Crippen molar-refractivity contribution in [3.05, 3.63) is 0 Å². The normalized spacial score (nSPS) is 13.5. The first-order chi connectivity index (χ1) is 8.08. The van der Waals surface area contributed by atoms with Gasteiger partial charge in [0.15, 0.2) is 0 Å². The number of hydrogen-bond donors (Lipinski definition) is 2. The zero-order valence-corrected chi connectivity index (χ0v) is 13.7. The van der Waals surface area contributed by atoms with E-state index < -0.39 is 0 Å². The van der Waals surface area contributed by atoms with Crippen molar-refractivity contribution in [3.63, 3.8) is 0 Å². The summed E-state index contributed by atoms with van der Waals surface area (Å²) < 4.78 is 1.10. The Labute approximate surface area is 115 Å². The highest BCUT2D eigenvalue weighted by Crippen LogP contribution is 2.05. The average Bonchev–Trinajstić information content (AvgIpc) is 2.14. The van der Waals surface area contributed by atoms with E-state index in [0.29, 0.717) is 12.5 Å². The molecule has 3 N–H and O–H groups in total. The van der Waals surface area contributed by atoms with Gasteiger partial charge in [-0.2, -0.15) is 0 Å². The first-order valence-electron chi connectivity index (χ1n) is 7.27. The maximum atomic E-state index is 8.90. The zero-order chi connectivity index (χ0) is 14.8. The Morgan fingerprint density at radius 1 is 1.00 bits per heavy atom. The number of nitrogens with two attached hydrogens (primary N) is 1. The fourth-order valence-electron chi connectivity index (χ4n) is 1.61. The van der Waals surface area contributed by atoms with Crippen LogP contribution in [0.25, 0.3) is 0 Å². The van der Waals surface area contributed by atoms with E-state index in [0.717, 1.165) is 16.8 Å². The number of aliphatic hydroxyl groups is 1. The maximum absolute atomic E-state index is 8.90. The number of rotatable bonds is 7. The third-order valence-electron chi connectivity index (χ3n) is 2.63. The van der Waals surface area contributed by atoms with E-state index in [2.05, 4.69) is 48.8 Å². The summed E-state index contributed by atoms with van der Waals surface area (Å²) in [4.78, 5) is 0. The van der Waals surface area contributed by atoms with Crippen LogP contribution in [0, 0.1) is 11.8 Å². The second kappa shape index (κ2) is 10.8. The Kier molecular flexibility index (Phi) is 12.1. The van der Waals surface area contributed by atoms with Crippen LogP contribution < -0.4 is 5.73 Å². The van der Waals surface area contributed by atoms with E-state index in [1.807, 2.05) is 0 Å². The van der Waals surface area contributed by atoms with Gasteiger partial charge in [-0.25, -0.2) is 0 Å². The lowest BCUT2D eigenvalue weighted by molar-refractivity contribution is -0.870. The van der Waals surface area contributed by atoms with Crippen molar-refractivity contribution in [2.24, 2.45) is 17.6 Å². The Balaban J connectivity index is 0. The topological polar surface area (TPSA) is 46.2 Å². The second-order valence-corrected chi connectivity index (χ2v) is 7.07. The largest absolute Gasteiger partial charge is 0.392 e. The van der Waals surface area contributed by atoms with E-state index in [4.69, 9.17) is 10.8 Å². The lowest BCUT2D eigenvalue weighted by Gasteiger charge is -2.24. The molecule has 112 valence electrons. The molecule has 3 heteroatoms. The summed E-state index contributed by atoms with van der Waals surface area (Å²) in [5.41, 5.74) is 5.17. The van der Waals surface area contributed by atoms with Crippen molar-refractivity contribution in [2.45, 2.75) is 53.1 Å². The van der Waals surface area contributed by atoms with Crippen LogP contribution >= 0.6 is 0 Å². The number of quaternary nitrogens is 1. The molecule has 0 aliphatic heterocycles. The summed E-state index contributed by atoms with van der Waals surface area (Å²) in [6.45, 7) is 10.4. The standard InChI is InChI=1S/C9H22N.C6H15NO/c1-9(2)7-6-8-10(3,4)5;1-5(2)3-6(8)4-7/h9H,6-8H2,1-5H3;5-6,8H,3-4,7H2,1-2H3/q+1;. The molecule has 0 saturated heterocycles. The Bertz CT molecular complexity index is 174.